The van der Waals surface area contributed by atoms with Crippen LogP contribution in [0.15, 0.2) is 45.3 Å². The number of hydrogen-bond donors (Lipinski definition) is 1. The summed E-state index contributed by atoms with van der Waals surface area (Å²) >= 11 is 13.7. The Morgan fingerprint density at radius 3 is 2.19 bits per heavy atom. The number of halogens is 2. The molecule has 0 saturated carbocycles. The molecule has 2 aromatic carbocycles. The second-order valence-corrected chi connectivity index (χ2v) is 10.6. The highest BCUT2D eigenvalue weighted by Crippen LogP contribution is 2.42. The average Bonchev–Trinajstić information content (AvgIpc) is 3.24. The zero-order chi connectivity index (χ0) is 30.7. The number of nitrogens with zero attached hydrogens (tertiary/aromatic N) is 2. The Balaban J connectivity index is 1.94. The van der Waals surface area contributed by atoms with E-state index in [9.17, 15) is 14.4 Å². The molecular weight excluding hydrogens is 611 g/mol. The lowest BCUT2D eigenvalue weighted by Crippen LogP contribution is -2.40. The van der Waals surface area contributed by atoms with Gasteiger partial charge in [-0.1, -0.05) is 34.5 Å². The number of aliphatic carboxylic acids is 1. The monoisotopic (exact) mass is 636 g/mol. The summed E-state index contributed by atoms with van der Waals surface area (Å²) in [6, 6.07) is 5.38. The molecule has 1 aliphatic rings. The van der Waals surface area contributed by atoms with Crippen LogP contribution in [-0.4, -0.2) is 56.2 Å². The van der Waals surface area contributed by atoms with E-state index in [1.807, 2.05) is 0 Å². The van der Waals surface area contributed by atoms with E-state index in [2.05, 4.69) is 4.99 Å². The first kappa shape index (κ1) is 30.9. The van der Waals surface area contributed by atoms with E-state index in [-0.39, 0.29) is 32.5 Å². The van der Waals surface area contributed by atoms with Gasteiger partial charge in [0.15, 0.2) is 28.7 Å². The summed E-state index contributed by atoms with van der Waals surface area (Å²) in [4.78, 5) is 43.0. The van der Waals surface area contributed by atoms with Crippen molar-refractivity contribution in [1.29, 1.82) is 0 Å². The first-order valence-corrected chi connectivity index (χ1v) is 13.9. The number of carboxylic acids is 1. The van der Waals surface area contributed by atoms with Crippen LogP contribution >= 0.6 is 34.5 Å². The number of thiazole rings is 1. The number of rotatable bonds is 10. The molecule has 0 saturated heterocycles. The highest BCUT2D eigenvalue weighted by Gasteiger charge is 2.34. The molecule has 14 heteroatoms. The van der Waals surface area contributed by atoms with Crippen LogP contribution < -0.4 is 33.8 Å². The predicted octanol–water partition coefficient (Wildman–Crippen LogP) is 3.59. The molecule has 4 rings (SSSR count). The zero-order valence-corrected chi connectivity index (χ0v) is 25.5. The SMILES string of the molecule is CCOC(=O)C1=C(C)N=c2sc(=Cc3cc(Cl)c(OCC(=O)O)c(Cl)c3)c(=O)n2[C@@H]1c1cc(OC)c(OC)c(OC)c1. The van der Waals surface area contributed by atoms with Gasteiger partial charge in [-0.25, -0.2) is 14.6 Å². The number of aromatic nitrogens is 1. The van der Waals surface area contributed by atoms with Gasteiger partial charge in [0, 0.05) is 0 Å². The van der Waals surface area contributed by atoms with Crippen molar-refractivity contribution < 1.29 is 38.4 Å². The standard InChI is InChI=1S/C28H26Cl2N2O9S/c1-6-40-27(36)22-13(2)31-28-32(23(22)15-10-18(37-3)25(39-5)19(11-15)38-4)26(35)20(42-28)9-14-7-16(29)24(17(30)8-14)41-12-21(33)34/h7-11,23H,6,12H2,1-5H3,(H,33,34)/t23-/m1/s1. The molecule has 0 bridgehead atoms. The van der Waals surface area contributed by atoms with Crippen molar-refractivity contribution in [2.45, 2.75) is 19.9 Å². The number of carbonyl (C=O) groups excluding carboxylic acids is 1. The maximum absolute atomic E-state index is 13.9. The van der Waals surface area contributed by atoms with Gasteiger partial charge in [0.05, 0.1) is 59.8 Å². The van der Waals surface area contributed by atoms with E-state index >= 15 is 0 Å². The smallest absolute Gasteiger partial charge is 0.341 e. The van der Waals surface area contributed by atoms with Crippen LogP contribution in [0.4, 0.5) is 0 Å². The average molecular weight is 637 g/mol. The first-order valence-electron chi connectivity index (χ1n) is 12.4. The summed E-state index contributed by atoms with van der Waals surface area (Å²) in [7, 11) is 4.41. The maximum atomic E-state index is 13.9. The van der Waals surface area contributed by atoms with Crippen molar-refractivity contribution in [2.24, 2.45) is 4.99 Å². The second kappa shape index (κ2) is 12.9. The number of fused-ring (bicyclic) bond motifs is 1. The summed E-state index contributed by atoms with van der Waals surface area (Å²) in [6.07, 6.45) is 1.57. The largest absolute Gasteiger partial charge is 0.493 e. The number of hydrogen-bond acceptors (Lipinski definition) is 10. The van der Waals surface area contributed by atoms with Gasteiger partial charge < -0.3 is 28.8 Å². The van der Waals surface area contributed by atoms with Crippen LogP contribution in [0.2, 0.25) is 10.0 Å². The molecule has 0 fully saturated rings. The third-order valence-electron chi connectivity index (χ3n) is 6.18. The number of carboxylic acid groups (broad SMARTS) is 1. The zero-order valence-electron chi connectivity index (χ0n) is 23.2. The number of methoxy groups -OCH3 is 3. The molecule has 0 aliphatic carbocycles. The minimum atomic E-state index is -1.19. The van der Waals surface area contributed by atoms with E-state index in [4.69, 9.17) is 52.0 Å². The van der Waals surface area contributed by atoms with Crippen molar-refractivity contribution in [3.05, 3.63) is 76.4 Å². The van der Waals surface area contributed by atoms with Crippen molar-refractivity contribution in [3.8, 4) is 23.0 Å². The normalized spacial score (nSPS) is 14.6. The van der Waals surface area contributed by atoms with Crippen LogP contribution in [0.3, 0.4) is 0 Å². The Labute approximate surface area is 253 Å². The third kappa shape index (κ3) is 5.96. The fraction of sp³-hybridized carbons (Fsp3) is 0.286. The van der Waals surface area contributed by atoms with Crippen LogP contribution in [0.1, 0.15) is 31.0 Å². The Morgan fingerprint density at radius 1 is 1.05 bits per heavy atom. The lowest BCUT2D eigenvalue weighted by molar-refractivity contribution is -0.140. The highest BCUT2D eigenvalue weighted by molar-refractivity contribution is 7.07. The topological polar surface area (TPSA) is 135 Å². The van der Waals surface area contributed by atoms with Gasteiger partial charge >= 0.3 is 11.9 Å². The fourth-order valence-electron chi connectivity index (χ4n) is 4.45. The molecule has 3 aromatic rings. The number of ether oxygens (including phenoxy) is 5. The first-order chi connectivity index (χ1) is 20.0. The summed E-state index contributed by atoms with van der Waals surface area (Å²) in [5.41, 5.74) is 1.08. The van der Waals surface area contributed by atoms with E-state index < -0.39 is 30.1 Å². The highest BCUT2D eigenvalue weighted by atomic mass is 35.5. The molecular formula is C28H26Cl2N2O9S. The van der Waals surface area contributed by atoms with E-state index in [1.165, 1.54) is 38.0 Å². The number of esters is 1. The molecule has 0 spiro atoms. The van der Waals surface area contributed by atoms with Crippen LogP contribution in [0, 0.1) is 0 Å². The van der Waals surface area contributed by atoms with Crippen molar-refractivity contribution in [1.82, 2.24) is 4.57 Å². The van der Waals surface area contributed by atoms with Gasteiger partial charge in [-0.05, 0) is 55.3 Å². The summed E-state index contributed by atoms with van der Waals surface area (Å²) in [6.45, 7) is 2.85. The predicted molar refractivity (Wildman–Crippen MR) is 156 cm³/mol. The minimum Gasteiger partial charge on any atom is -0.493 e. The van der Waals surface area contributed by atoms with Crippen molar-refractivity contribution in [3.63, 3.8) is 0 Å². The van der Waals surface area contributed by atoms with Gasteiger partial charge in [0.1, 0.15) is 0 Å². The van der Waals surface area contributed by atoms with Crippen LogP contribution in [0.5, 0.6) is 23.0 Å². The third-order valence-corrected chi connectivity index (χ3v) is 7.72. The molecule has 2 heterocycles. The molecule has 1 N–H and O–H groups in total. The Morgan fingerprint density at radius 2 is 1.67 bits per heavy atom. The molecule has 222 valence electrons. The van der Waals surface area contributed by atoms with Crippen LogP contribution in [-0.2, 0) is 14.3 Å². The Hall–Kier alpha value is -4.00. The molecule has 0 radical (unpaired) electrons. The van der Waals surface area contributed by atoms with Gasteiger partial charge in [-0.3, -0.25) is 9.36 Å². The quantitative estimate of drug-likeness (QED) is 0.331. The fourth-order valence-corrected chi connectivity index (χ4v) is 6.11. The van der Waals surface area contributed by atoms with Crippen molar-refractivity contribution in [2.75, 3.05) is 34.5 Å². The number of allylic oxidation sites excluding steroid dienone is 1. The Kier molecular flexibility index (Phi) is 9.50. The molecule has 1 aliphatic heterocycles. The van der Waals surface area contributed by atoms with Gasteiger partial charge in [0.25, 0.3) is 5.56 Å². The van der Waals surface area contributed by atoms with Crippen LogP contribution in [0.25, 0.3) is 6.08 Å². The molecule has 0 unspecified atom stereocenters. The van der Waals surface area contributed by atoms with E-state index in [0.29, 0.717) is 38.9 Å². The lowest BCUT2D eigenvalue weighted by Gasteiger charge is -2.26. The minimum absolute atomic E-state index is 0.0106. The summed E-state index contributed by atoms with van der Waals surface area (Å²) < 4.78 is 28.7. The lowest BCUT2D eigenvalue weighted by atomic mass is 9.95. The van der Waals surface area contributed by atoms with Gasteiger partial charge in [-0.2, -0.15) is 0 Å². The maximum Gasteiger partial charge on any atom is 0.341 e. The molecule has 1 aromatic heterocycles. The summed E-state index contributed by atoms with van der Waals surface area (Å²) in [5, 5.41) is 9.03. The molecule has 1 atom stereocenters. The molecule has 0 amide bonds. The molecule has 11 nitrogen and oxygen atoms in total. The summed E-state index contributed by atoms with van der Waals surface area (Å²) in [5.74, 6) is -0.785. The Bertz CT molecular complexity index is 1730. The van der Waals surface area contributed by atoms with E-state index in [0.717, 1.165) is 11.3 Å². The number of carbonyl (C=O) groups is 2. The number of benzene rings is 2. The van der Waals surface area contributed by atoms with Crippen molar-refractivity contribution >= 4 is 52.6 Å². The van der Waals surface area contributed by atoms with Gasteiger partial charge in [0.2, 0.25) is 5.75 Å². The van der Waals surface area contributed by atoms with E-state index in [1.54, 1.807) is 32.1 Å². The molecule has 42 heavy (non-hydrogen) atoms. The van der Waals surface area contributed by atoms with Gasteiger partial charge in [-0.15, -0.1) is 0 Å². The second-order valence-electron chi connectivity index (χ2n) is 8.76.